The lowest BCUT2D eigenvalue weighted by Gasteiger charge is -2.16. The van der Waals surface area contributed by atoms with Crippen LogP contribution in [0.5, 0.6) is 0 Å². The minimum atomic E-state index is -4.60. The summed E-state index contributed by atoms with van der Waals surface area (Å²) in [6.07, 6.45) is -2.88. The number of rotatable bonds is 4. The van der Waals surface area contributed by atoms with E-state index in [0.29, 0.717) is 5.69 Å². The van der Waals surface area contributed by atoms with Crippen molar-refractivity contribution >= 4 is 11.6 Å². The fraction of sp³-hybridized carbons (Fsp3) is 0.174. The van der Waals surface area contributed by atoms with Crippen LogP contribution in [0.3, 0.4) is 0 Å². The predicted molar refractivity (Wildman–Crippen MR) is 108 cm³/mol. The van der Waals surface area contributed by atoms with Gasteiger partial charge in [0, 0.05) is 17.6 Å². The number of alkyl halides is 3. The number of nitriles is 1. The van der Waals surface area contributed by atoms with Gasteiger partial charge in [-0.2, -0.15) is 18.4 Å². The highest BCUT2D eigenvalue weighted by Crippen LogP contribution is 2.32. The van der Waals surface area contributed by atoms with Gasteiger partial charge in [0.1, 0.15) is 0 Å². The smallest absolute Gasteiger partial charge is 0.326 e. The molecular weight excluding hydrogens is 391 g/mol. The summed E-state index contributed by atoms with van der Waals surface area (Å²) in [7, 11) is 0. The van der Waals surface area contributed by atoms with E-state index in [1.54, 1.807) is 24.4 Å². The standard InChI is InChI=1S/C23H18F3N3O/c1-14-9-18(7-8-28-14)17-3-5-21(6-4-17)29-22(30)15(2)19-10-16(13-27)11-20(12-19)23(24,25)26/h3-12,15H,1-2H3,(H,29,30). The summed E-state index contributed by atoms with van der Waals surface area (Å²) in [5, 5.41) is 11.7. The molecule has 0 saturated heterocycles. The van der Waals surface area contributed by atoms with Crippen molar-refractivity contribution in [3.8, 4) is 17.2 Å². The SMILES string of the molecule is Cc1cc(-c2ccc(NC(=O)C(C)c3cc(C#N)cc(C(F)(F)F)c3)cc2)ccn1. The Morgan fingerprint density at radius 3 is 2.37 bits per heavy atom. The van der Waals surface area contributed by atoms with E-state index in [0.717, 1.165) is 29.0 Å². The zero-order valence-corrected chi connectivity index (χ0v) is 16.3. The lowest BCUT2D eigenvalue weighted by Crippen LogP contribution is -2.19. The summed E-state index contributed by atoms with van der Waals surface area (Å²) in [5.41, 5.74) is 2.38. The molecule has 2 aromatic carbocycles. The molecule has 1 N–H and O–H groups in total. The molecule has 1 atom stereocenters. The highest BCUT2D eigenvalue weighted by Gasteiger charge is 2.32. The second-order valence-corrected chi connectivity index (χ2v) is 6.93. The first-order valence-corrected chi connectivity index (χ1v) is 9.13. The van der Waals surface area contributed by atoms with Gasteiger partial charge in [-0.3, -0.25) is 9.78 Å². The largest absolute Gasteiger partial charge is 0.416 e. The van der Waals surface area contributed by atoms with Crippen LogP contribution in [-0.4, -0.2) is 10.9 Å². The van der Waals surface area contributed by atoms with Crippen molar-refractivity contribution in [2.24, 2.45) is 0 Å². The van der Waals surface area contributed by atoms with Crippen LogP contribution in [0.25, 0.3) is 11.1 Å². The number of carbonyl (C=O) groups excluding carboxylic acids is 1. The van der Waals surface area contributed by atoms with Gasteiger partial charge in [0.15, 0.2) is 0 Å². The number of benzene rings is 2. The summed E-state index contributed by atoms with van der Waals surface area (Å²) in [4.78, 5) is 16.7. The van der Waals surface area contributed by atoms with Crippen molar-refractivity contribution in [2.75, 3.05) is 5.32 Å². The van der Waals surface area contributed by atoms with Crippen molar-refractivity contribution in [3.63, 3.8) is 0 Å². The van der Waals surface area contributed by atoms with Crippen LogP contribution >= 0.6 is 0 Å². The van der Waals surface area contributed by atoms with E-state index >= 15 is 0 Å². The van der Waals surface area contributed by atoms with Gasteiger partial charge in [0.25, 0.3) is 0 Å². The van der Waals surface area contributed by atoms with Gasteiger partial charge in [-0.1, -0.05) is 12.1 Å². The van der Waals surface area contributed by atoms with Crippen LogP contribution in [0, 0.1) is 18.3 Å². The third-order valence-corrected chi connectivity index (χ3v) is 4.69. The Morgan fingerprint density at radius 1 is 1.07 bits per heavy atom. The molecule has 0 aliphatic carbocycles. The maximum Gasteiger partial charge on any atom is 0.416 e. The number of hydrogen-bond donors (Lipinski definition) is 1. The number of hydrogen-bond acceptors (Lipinski definition) is 3. The van der Waals surface area contributed by atoms with E-state index in [4.69, 9.17) is 5.26 Å². The maximum atomic E-state index is 13.1. The van der Waals surface area contributed by atoms with Gasteiger partial charge >= 0.3 is 6.18 Å². The summed E-state index contributed by atoms with van der Waals surface area (Å²) >= 11 is 0. The molecule has 30 heavy (non-hydrogen) atoms. The minimum Gasteiger partial charge on any atom is -0.326 e. The van der Waals surface area contributed by atoms with Crippen molar-refractivity contribution in [1.82, 2.24) is 4.98 Å². The zero-order chi connectivity index (χ0) is 21.9. The molecule has 0 fully saturated rings. The quantitative estimate of drug-likeness (QED) is 0.602. The molecule has 0 bridgehead atoms. The van der Waals surface area contributed by atoms with E-state index in [1.807, 2.05) is 31.2 Å². The van der Waals surface area contributed by atoms with Crippen molar-refractivity contribution in [2.45, 2.75) is 25.9 Å². The molecule has 0 aliphatic heterocycles. The third kappa shape index (κ3) is 4.84. The Morgan fingerprint density at radius 2 is 1.77 bits per heavy atom. The first-order valence-electron chi connectivity index (χ1n) is 9.13. The number of nitrogens with one attached hydrogen (secondary N) is 1. The topological polar surface area (TPSA) is 65.8 Å². The molecule has 3 rings (SSSR count). The molecule has 1 amide bonds. The molecular formula is C23H18F3N3O. The molecule has 4 nitrogen and oxygen atoms in total. The summed E-state index contributed by atoms with van der Waals surface area (Å²) in [5.74, 6) is -1.34. The molecule has 1 aromatic heterocycles. The fourth-order valence-corrected chi connectivity index (χ4v) is 3.00. The van der Waals surface area contributed by atoms with Crippen LogP contribution < -0.4 is 5.32 Å². The highest BCUT2D eigenvalue weighted by molar-refractivity contribution is 5.95. The third-order valence-electron chi connectivity index (χ3n) is 4.69. The average Bonchev–Trinajstić information content (AvgIpc) is 2.72. The number of nitrogens with zero attached hydrogens (tertiary/aromatic N) is 2. The van der Waals surface area contributed by atoms with E-state index < -0.39 is 23.6 Å². The summed E-state index contributed by atoms with van der Waals surface area (Å²) in [6, 6.07) is 15.6. The van der Waals surface area contributed by atoms with Crippen LogP contribution in [0.15, 0.2) is 60.8 Å². The number of pyridine rings is 1. The van der Waals surface area contributed by atoms with Crippen LogP contribution in [0.4, 0.5) is 18.9 Å². The number of anilines is 1. The maximum absolute atomic E-state index is 13.1. The van der Waals surface area contributed by atoms with Crippen molar-refractivity contribution in [3.05, 3.63) is 83.2 Å². The monoisotopic (exact) mass is 409 g/mol. The number of aryl methyl sites for hydroxylation is 1. The van der Waals surface area contributed by atoms with E-state index in [1.165, 1.54) is 13.0 Å². The van der Waals surface area contributed by atoms with Crippen LogP contribution in [0.2, 0.25) is 0 Å². The molecule has 1 unspecified atom stereocenters. The lowest BCUT2D eigenvalue weighted by atomic mass is 9.95. The summed E-state index contributed by atoms with van der Waals surface area (Å²) in [6.45, 7) is 3.39. The Kier molecular flexibility index (Phi) is 5.88. The van der Waals surface area contributed by atoms with Crippen molar-refractivity contribution in [1.29, 1.82) is 5.26 Å². The van der Waals surface area contributed by atoms with E-state index in [9.17, 15) is 18.0 Å². The fourth-order valence-electron chi connectivity index (χ4n) is 3.00. The summed E-state index contributed by atoms with van der Waals surface area (Å²) < 4.78 is 39.3. The normalized spacial score (nSPS) is 12.1. The molecule has 152 valence electrons. The zero-order valence-electron chi connectivity index (χ0n) is 16.3. The van der Waals surface area contributed by atoms with Gasteiger partial charge in [-0.25, -0.2) is 0 Å². The van der Waals surface area contributed by atoms with Gasteiger partial charge in [-0.15, -0.1) is 0 Å². The number of halogens is 3. The van der Waals surface area contributed by atoms with Gasteiger partial charge in [0.2, 0.25) is 5.91 Å². The van der Waals surface area contributed by atoms with Crippen LogP contribution in [0.1, 0.15) is 35.2 Å². The van der Waals surface area contributed by atoms with Crippen LogP contribution in [-0.2, 0) is 11.0 Å². The molecule has 0 saturated carbocycles. The number of aromatic nitrogens is 1. The molecule has 1 heterocycles. The van der Waals surface area contributed by atoms with Gasteiger partial charge < -0.3 is 5.32 Å². The minimum absolute atomic E-state index is 0.128. The van der Waals surface area contributed by atoms with E-state index in [-0.39, 0.29) is 11.1 Å². The predicted octanol–water partition coefficient (Wildman–Crippen LogP) is 5.69. The average molecular weight is 409 g/mol. The second-order valence-electron chi connectivity index (χ2n) is 6.93. The highest BCUT2D eigenvalue weighted by atomic mass is 19.4. The Balaban J connectivity index is 1.78. The first kappa shape index (κ1) is 21.1. The Bertz CT molecular complexity index is 1120. The van der Waals surface area contributed by atoms with E-state index in [2.05, 4.69) is 10.3 Å². The molecule has 0 spiro atoms. The van der Waals surface area contributed by atoms with Crippen molar-refractivity contribution < 1.29 is 18.0 Å². The lowest BCUT2D eigenvalue weighted by molar-refractivity contribution is -0.137. The Hall–Kier alpha value is -3.66. The van der Waals surface area contributed by atoms with Gasteiger partial charge in [-0.05, 0) is 73.0 Å². The Labute approximate surface area is 172 Å². The molecule has 7 heteroatoms. The molecule has 0 radical (unpaired) electrons. The molecule has 0 aliphatic rings. The number of amides is 1. The van der Waals surface area contributed by atoms with Gasteiger partial charge in [0.05, 0.1) is 23.1 Å². The second kappa shape index (κ2) is 8.37. The molecule has 3 aromatic rings. The number of carbonyl (C=O) groups is 1. The first-order chi connectivity index (χ1) is 14.2.